The van der Waals surface area contributed by atoms with E-state index in [0.29, 0.717) is 18.0 Å². The Kier molecular flexibility index (Phi) is 6.01. The summed E-state index contributed by atoms with van der Waals surface area (Å²) >= 11 is 3.40. The Bertz CT molecular complexity index is 447. The fraction of sp³-hybridized carbons (Fsp3) is 0.533. The van der Waals surface area contributed by atoms with Gasteiger partial charge in [-0.25, -0.2) is 0 Å². The van der Waals surface area contributed by atoms with Gasteiger partial charge in [0.1, 0.15) is 0 Å². The van der Waals surface area contributed by atoms with Gasteiger partial charge in [0.05, 0.1) is 18.8 Å². The topological polar surface area (TPSA) is 41.6 Å². The fourth-order valence-electron chi connectivity index (χ4n) is 2.30. The third kappa shape index (κ3) is 4.58. The molecule has 0 bridgehead atoms. The van der Waals surface area contributed by atoms with Crippen LogP contribution in [0.2, 0.25) is 0 Å². The molecule has 1 N–H and O–H groups in total. The lowest BCUT2D eigenvalue weighted by molar-refractivity contribution is 0.0317. The second-order valence-electron chi connectivity index (χ2n) is 5.21. The van der Waals surface area contributed by atoms with Gasteiger partial charge in [-0.05, 0) is 34.0 Å². The highest BCUT2D eigenvalue weighted by Crippen LogP contribution is 2.15. The van der Waals surface area contributed by atoms with Gasteiger partial charge in [0.25, 0.3) is 5.91 Å². The van der Waals surface area contributed by atoms with E-state index in [0.717, 1.165) is 37.3 Å². The minimum Gasteiger partial charge on any atom is -0.379 e. The summed E-state index contributed by atoms with van der Waals surface area (Å²) in [6, 6.07) is 7.48. The van der Waals surface area contributed by atoms with Crippen LogP contribution >= 0.6 is 15.9 Å². The van der Waals surface area contributed by atoms with Gasteiger partial charge in [-0.2, -0.15) is 0 Å². The minimum atomic E-state index is -0.0219. The number of morpholine rings is 1. The third-order valence-corrected chi connectivity index (χ3v) is 4.09. The van der Waals surface area contributed by atoms with E-state index in [-0.39, 0.29) is 5.91 Å². The van der Waals surface area contributed by atoms with Gasteiger partial charge < -0.3 is 10.1 Å². The normalized spacial score (nSPS) is 17.7. The summed E-state index contributed by atoms with van der Waals surface area (Å²) in [4.78, 5) is 14.5. The van der Waals surface area contributed by atoms with E-state index in [1.807, 2.05) is 24.3 Å². The second-order valence-corrected chi connectivity index (χ2v) is 6.06. The van der Waals surface area contributed by atoms with Crippen LogP contribution in [0.15, 0.2) is 28.7 Å². The number of rotatable bonds is 5. The number of halogens is 1. The largest absolute Gasteiger partial charge is 0.379 e. The summed E-state index contributed by atoms with van der Waals surface area (Å²) in [6.45, 7) is 7.46. The zero-order valence-electron chi connectivity index (χ0n) is 11.8. The number of hydrogen-bond donors (Lipinski definition) is 1. The Morgan fingerprint density at radius 1 is 1.40 bits per heavy atom. The van der Waals surface area contributed by atoms with Crippen molar-refractivity contribution in [3.8, 4) is 0 Å². The molecule has 1 aromatic rings. The van der Waals surface area contributed by atoms with Crippen molar-refractivity contribution < 1.29 is 9.53 Å². The molecule has 2 rings (SSSR count). The summed E-state index contributed by atoms with van der Waals surface area (Å²) in [6.07, 6.45) is 0. The molecule has 110 valence electrons. The van der Waals surface area contributed by atoms with Crippen molar-refractivity contribution in [1.82, 2.24) is 10.2 Å². The first kappa shape index (κ1) is 15.5. The van der Waals surface area contributed by atoms with Crippen molar-refractivity contribution in [2.75, 3.05) is 39.4 Å². The monoisotopic (exact) mass is 340 g/mol. The van der Waals surface area contributed by atoms with E-state index in [4.69, 9.17) is 4.74 Å². The summed E-state index contributed by atoms with van der Waals surface area (Å²) in [5.74, 6) is 0.408. The predicted molar refractivity (Wildman–Crippen MR) is 82.9 cm³/mol. The molecular formula is C15H21BrN2O2. The lowest BCUT2D eigenvalue weighted by Crippen LogP contribution is -2.41. The first-order chi connectivity index (χ1) is 9.66. The van der Waals surface area contributed by atoms with Gasteiger partial charge >= 0.3 is 0 Å². The number of hydrogen-bond acceptors (Lipinski definition) is 3. The standard InChI is InChI=1S/C15H21BrN2O2/c1-12(11-18-6-8-20-9-7-18)10-17-15(19)13-4-2-3-5-14(13)16/h2-5,12H,6-11H2,1H3,(H,17,19). The summed E-state index contributed by atoms with van der Waals surface area (Å²) in [7, 11) is 0. The number of nitrogens with one attached hydrogen (secondary N) is 1. The summed E-state index contributed by atoms with van der Waals surface area (Å²) < 4.78 is 6.17. The molecule has 4 nitrogen and oxygen atoms in total. The van der Waals surface area contributed by atoms with E-state index in [9.17, 15) is 4.79 Å². The van der Waals surface area contributed by atoms with Crippen LogP contribution in [0.5, 0.6) is 0 Å². The molecule has 1 unspecified atom stereocenters. The van der Waals surface area contributed by atoms with Gasteiger partial charge in [0, 0.05) is 30.7 Å². The average Bonchev–Trinajstić information content (AvgIpc) is 2.46. The lowest BCUT2D eigenvalue weighted by atomic mass is 10.1. The van der Waals surface area contributed by atoms with Crippen LogP contribution in [0.3, 0.4) is 0 Å². The highest BCUT2D eigenvalue weighted by atomic mass is 79.9. The van der Waals surface area contributed by atoms with E-state index in [1.54, 1.807) is 0 Å². The van der Waals surface area contributed by atoms with E-state index in [2.05, 4.69) is 33.1 Å². The van der Waals surface area contributed by atoms with Gasteiger partial charge in [-0.1, -0.05) is 19.1 Å². The zero-order chi connectivity index (χ0) is 14.4. The zero-order valence-corrected chi connectivity index (χ0v) is 13.4. The SMILES string of the molecule is CC(CNC(=O)c1ccccc1Br)CN1CCOCC1. The smallest absolute Gasteiger partial charge is 0.252 e. The summed E-state index contributed by atoms with van der Waals surface area (Å²) in [5.41, 5.74) is 0.686. The Morgan fingerprint density at radius 3 is 2.80 bits per heavy atom. The summed E-state index contributed by atoms with van der Waals surface area (Å²) in [5, 5.41) is 3.00. The fourth-order valence-corrected chi connectivity index (χ4v) is 2.76. The number of ether oxygens (including phenoxy) is 1. The van der Waals surface area contributed by atoms with Crippen LogP contribution in [-0.4, -0.2) is 50.2 Å². The van der Waals surface area contributed by atoms with E-state index >= 15 is 0 Å². The molecule has 1 fully saturated rings. The molecule has 1 saturated heterocycles. The van der Waals surface area contributed by atoms with Gasteiger partial charge in [0.2, 0.25) is 0 Å². The number of benzene rings is 1. The van der Waals surface area contributed by atoms with Crippen LogP contribution in [0.25, 0.3) is 0 Å². The Hall–Kier alpha value is -0.910. The molecule has 20 heavy (non-hydrogen) atoms. The molecule has 1 aliphatic rings. The van der Waals surface area contributed by atoms with E-state index in [1.165, 1.54) is 0 Å². The van der Waals surface area contributed by atoms with Crippen molar-refractivity contribution in [3.05, 3.63) is 34.3 Å². The van der Waals surface area contributed by atoms with Crippen LogP contribution in [-0.2, 0) is 4.74 Å². The Morgan fingerprint density at radius 2 is 2.10 bits per heavy atom. The van der Waals surface area contributed by atoms with Crippen molar-refractivity contribution >= 4 is 21.8 Å². The van der Waals surface area contributed by atoms with Gasteiger partial charge in [0.15, 0.2) is 0 Å². The van der Waals surface area contributed by atoms with Crippen LogP contribution in [0.4, 0.5) is 0 Å². The van der Waals surface area contributed by atoms with Crippen molar-refractivity contribution in [1.29, 1.82) is 0 Å². The maximum atomic E-state index is 12.1. The maximum absolute atomic E-state index is 12.1. The van der Waals surface area contributed by atoms with Crippen molar-refractivity contribution in [2.45, 2.75) is 6.92 Å². The van der Waals surface area contributed by atoms with Crippen LogP contribution < -0.4 is 5.32 Å². The number of carbonyl (C=O) groups excluding carboxylic acids is 1. The number of carbonyl (C=O) groups is 1. The second kappa shape index (κ2) is 7.76. The first-order valence-electron chi connectivity index (χ1n) is 6.99. The molecule has 0 aromatic heterocycles. The van der Waals surface area contributed by atoms with Crippen molar-refractivity contribution in [3.63, 3.8) is 0 Å². The predicted octanol–water partition coefficient (Wildman–Crippen LogP) is 2.15. The van der Waals surface area contributed by atoms with E-state index < -0.39 is 0 Å². The molecule has 1 atom stereocenters. The molecule has 1 amide bonds. The molecule has 1 aromatic carbocycles. The number of amides is 1. The highest BCUT2D eigenvalue weighted by Gasteiger charge is 2.15. The molecule has 0 spiro atoms. The quantitative estimate of drug-likeness (QED) is 0.892. The molecule has 5 heteroatoms. The molecule has 1 heterocycles. The maximum Gasteiger partial charge on any atom is 0.252 e. The minimum absolute atomic E-state index is 0.0219. The Labute approximate surface area is 128 Å². The van der Waals surface area contributed by atoms with Crippen LogP contribution in [0.1, 0.15) is 17.3 Å². The number of nitrogens with zero attached hydrogens (tertiary/aromatic N) is 1. The molecule has 0 radical (unpaired) electrons. The first-order valence-corrected chi connectivity index (χ1v) is 7.79. The molecule has 0 saturated carbocycles. The molecular weight excluding hydrogens is 320 g/mol. The Balaban J connectivity index is 1.76. The van der Waals surface area contributed by atoms with Crippen LogP contribution in [0, 0.1) is 5.92 Å². The lowest BCUT2D eigenvalue weighted by Gasteiger charge is -2.29. The molecule has 1 aliphatic heterocycles. The van der Waals surface area contributed by atoms with Crippen molar-refractivity contribution in [2.24, 2.45) is 5.92 Å². The highest BCUT2D eigenvalue weighted by molar-refractivity contribution is 9.10. The molecule has 0 aliphatic carbocycles. The van der Waals surface area contributed by atoms with Gasteiger partial charge in [-0.15, -0.1) is 0 Å². The van der Waals surface area contributed by atoms with Gasteiger partial charge in [-0.3, -0.25) is 9.69 Å². The third-order valence-electron chi connectivity index (χ3n) is 3.40. The average molecular weight is 341 g/mol.